The number of carboxylic acids is 1. The van der Waals surface area contributed by atoms with Crippen molar-refractivity contribution >= 4 is 55.6 Å². The van der Waals surface area contributed by atoms with Gasteiger partial charge in [0.05, 0.1) is 11.2 Å². The van der Waals surface area contributed by atoms with Crippen LogP contribution in [0.3, 0.4) is 0 Å². The van der Waals surface area contributed by atoms with Crippen LogP contribution in [-0.4, -0.2) is 30.4 Å². The van der Waals surface area contributed by atoms with Crippen LogP contribution in [0.5, 0.6) is 0 Å². The van der Waals surface area contributed by atoms with E-state index >= 15 is 0 Å². The fourth-order valence-corrected chi connectivity index (χ4v) is 4.35. The number of hydrogen-bond acceptors (Lipinski definition) is 4. The van der Waals surface area contributed by atoms with Crippen molar-refractivity contribution in [3.8, 4) is 5.69 Å². The summed E-state index contributed by atoms with van der Waals surface area (Å²) in [4.78, 5) is 20.6. The number of benzene rings is 2. The van der Waals surface area contributed by atoms with Gasteiger partial charge in [-0.25, -0.2) is 9.97 Å². The van der Waals surface area contributed by atoms with Gasteiger partial charge in [0.15, 0.2) is 10.8 Å². The van der Waals surface area contributed by atoms with Gasteiger partial charge in [-0.05, 0) is 43.5 Å². The van der Waals surface area contributed by atoms with Gasteiger partial charge in [-0.15, -0.1) is 0 Å². The van der Waals surface area contributed by atoms with Crippen LogP contribution in [0.2, 0.25) is 0 Å². The van der Waals surface area contributed by atoms with Crippen molar-refractivity contribution in [2.24, 2.45) is 0 Å². The first-order valence-electron chi connectivity index (χ1n) is 8.32. The Bertz CT molecular complexity index is 1190. The minimum atomic E-state index is -1.02. The minimum absolute atomic E-state index is 0.591. The maximum atomic E-state index is 11.7. The molecule has 0 atom stereocenters. The van der Waals surface area contributed by atoms with Gasteiger partial charge >= 0.3 is 5.97 Å². The highest BCUT2D eigenvalue weighted by Gasteiger charge is 2.31. The van der Waals surface area contributed by atoms with Crippen molar-refractivity contribution in [3.05, 3.63) is 59.2 Å². The monoisotopic (exact) mass is 441 g/mol. The van der Waals surface area contributed by atoms with Crippen LogP contribution >= 0.6 is 27.7 Å². The van der Waals surface area contributed by atoms with Crippen molar-refractivity contribution in [2.45, 2.75) is 23.8 Å². The number of thioether (sulfide) groups is 1. The number of hydrogen-bond donors (Lipinski definition) is 1. The Labute approximate surface area is 168 Å². The molecule has 4 rings (SSSR count). The molecule has 0 saturated heterocycles. The molecular weight excluding hydrogens is 426 g/mol. The quantitative estimate of drug-likeness (QED) is 0.435. The molecule has 2 heterocycles. The molecule has 0 radical (unpaired) electrons. The number of carboxylic acid groups (broad SMARTS) is 1. The van der Waals surface area contributed by atoms with Crippen LogP contribution in [-0.2, 0) is 4.79 Å². The zero-order chi connectivity index (χ0) is 19.2. The third kappa shape index (κ3) is 3.11. The van der Waals surface area contributed by atoms with Crippen molar-refractivity contribution < 1.29 is 9.90 Å². The number of nitrogens with zero attached hydrogens (tertiary/aromatic N) is 3. The third-order valence-corrected chi connectivity index (χ3v) is 6.18. The van der Waals surface area contributed by atoms with E-state index < -0.39 is 10.7 Å². The molecule has 0 aliphatic rings. The summed E-state index contributed by atoms with van der Waals surface area (Å²) in [5.74, 6) is -0.889. The Kier molecular flexibility index (Phi) is 4.44. The highest BCUT2D eigenvalue weighted by molar-refractivity contribution is 9.10. The number of aliphatic carboxylic acids is 1. The van der Waals surface area contributed by atoms with Crippen molar-refractivity contribution in [2.75, 3.05) is 0 Å². The molecule has 0 aliphatic carbocycles. The van der Waals surface area contributed by atoms with Crippen LogP contribution in [0.4, 0.5) is 0 Å². The van der Waals surface area contributed by atoms with Crippen LogP contribution in [0.25, 0.3) is 27.6 Å². The molecule has 4 aromatic rings. The first-order valence-corrected chi connectivity index (χ1v) is 9.93. The van der Waals surface area contributed by atoms with Gasteiger partial charge in [0, 0.05) is 16.1 Å². The lowest BCUT2D eigenvalue weighted by atomic mass is 10.1. The molecule has 2 aromatic heterocycles. The largest absolute Gasteiger partial charge is 0.480 e. The summed E-state index contributed by atoms with van der Waals surface area (Å²) in [5, 5.41) is 12.3. The van der Waals surface area contributed by atoms with E-state index in [1.54, 1.807) is 20.0 Å². The summed E-state index contributed by atoms with van der Waals surface area (Å²) < 4.78 is 1.97. The molecule has 0 spiro atoms. The molecule has 0 amide bonds. The Morgan fingerprint density at radius 3 is 2.59 bits per heavy atom. The van der Waals surface area contributed by atoms with Gasteiger partial charge in [0.1, 0.15) is 4.75 Å². The van der Waals surface area contributed by atoms with E-state index in [0.29, 0.717) is 10.8 Å². The van der Waals surface area contributed by atoms with Gasteiger partial charge in [-0.2, -0.15) is 0 Å². The van der Waals surface area contributed by atoms with Gasteiger partial charge in [0.2, 0.25) is 0 Å². The van der Waals surface area contributed by atoms with Crippen molar-refractivity contribution in [3.63, 3.8) is 0 Å². The van der Waals surface area contributed by atoms with Crippen LogP contribution < -0.4 is 0 Å². The predicted molar refractivity (Wildman–Crippen MR) is 112 cm³/mol. The summed E-state index contributed by atoms with van der Waals surface area (Å²) in [6, 6.07) is 15.9. The number of pyridine rings is 1. The first-order chi connectivity index (χ1) is 12.9. The normalized spacial score (nSPS) is 12.0. The highest BCUT2D eigenvalue weighted by atomic mass is 79.9. The molecule has 0 saturated carbocycles. The molecule has 0 fully saturated rings. The predicted octanol–water partition coefficient (Wildman–Crippen LogP) is 5.29. The summed E-state index contributed by atoms with van der Waals surface area (Å²) in [6.45, 7) is 3.35. The highest BCUT2D eigenvalue weighted by Crippen LogP contribution is 2.38. The standard InChI is InChI=1S/C20H16BrN3O2S/c1-20(2,18(25)26)27-19-23-17-16(8-5-11-22-17)24(19)15-10-9-14(21)12-6-3-4-7-13(12)15/h3-11H,1-2H3,(H,25,26). The molecule has 0 bridgehead atoms. The van der Waals surface area contributed by atoms with Crippen molar-refractivity contribution in [1.82, 2.24) is 14.5 Å². The van der Waals surface area contributed by atoms with E-state index in [-0.39, 0.29) is 0 Å². The Hall–Kier alpha value is -2.38. The molecule has 136 valence electrons. The maximum absolute atomic E-state index is 11.7. The Morgan fingerprint density at radius 1 is 1.11 bits per heavy atom. The average molecular weight is 442 g/mol. The van der Waals surface area contributed by atoms with Crippen LogP contribution in [0.15, 0.2) is 64.4 Å². The molecule has 2 aromatic carbocycles. The molecule has 5 nitrogen and oxygen atoms in total. The fourth-order valence-electron chi connectivity index (χ4n) is 2.91. The van der Waals surface area contributed by atoms with Crippen LogP contribution in [0.1, 0.15) is 13.8 Å². The Balaban J connectivity index is 2.03. The maximum Gasteiger partial charge on any atom is 0.319 e. The third-order valence-electron chi connectivity index (χ3n) is 4.35. The lowest BCUT2D eigenvalue weighted by Crippen LogP contribution is -2.27. The smallest absolute Gasteiger partial charge is 0.319 e. The second kappa shape index (κ2) is 6.65. The van der Waals surface area contributed by atoms with Gasteiger partial charge < -0.3 is 5.11 Å². The number of fused-ring (bicyclic) bond motifs is 2. The van der Waals surface area contributed by atoms with E-state index in [1.165, 1.54) is 11.8 Å². The zero-order valence-corrected chi connectivity index (χ0v) is 17.1. The summed E-state index contributed by atoms with van der Waals surface area (Å²) in [6.07, 6.45) is 1.69. The molecular formula is C20H16BrN3O2S. The summed E-state index contributed by atoms with van der Waals surface area (Å²) >= 11 is 4.82. The molecule has 1 N–H and O–H groups in total. The molecule has 0 aliphatic heterocycles. The number of carbonyl (C=O) groups is 1. The molecule has 0 unspecified atom stereocenters. The molecule has 27 heavy (non-hydrogen) atoms. The number of aromatic nitrogens is 3. The topological polar surface area (TPSA) is 68.0 Å². The van der Waals surface area contributed by atoms with E-state index in [4.69, 9.17) is 0 Å². The number of rotatable bonds is 4. The molecule has 7 heteroatoms. The van der Waals surface area contributed by atoms with Gasteiger partial charge in [-0.1, -0.05) is 52.0 Å². The van der Waals surface area contributed by atoms with E-state index in [1.807, 2.05) is 47.0 Å². The number of imidazole rings is 1. The zero-order valence-electron chi connectivity index (χ0n) is 14.7. The van der Waals surface area contributed by atoms with E-state index in [0.717, 1.165) is 26.4 Å². The lowest BCUT2D eigenvalue weighted by molar-refractivity contribution is -0.138. The summed E-state index contributed by atoms with van der Waals surface area (Å²) in [5.41, 5.74) is 2.37. The summed E-state index contributed by atoms with van der Waals surface area (Å²) in [7, 11) is 0. The first kappa shape index (κ1) is 18.0. The van der Waals surface area contributed by atoms with E-state index in [2.05, 4.69) is 32.0 Å². The fraction of sp³-hybridized carbons (Fsp3) is 0.150. The number of halogens is 1. The average Bonchev–Trinajstić information content (AvgIpc) is 2.99. The van der Waals surface area contributed by atoms with Crippen molar-refractivity contribution in [1.29, 1.82) is 0 Å². The van der Waals surface area contributed by atoms with Crippen LogP contribution in [0, 0.1) is 0 Å². The van der Waals surface area contributed by atoms with Gasteiger partial charge in [0.25, 0.3) is 0 Å². The van der Waals surface area contributed by atoms with Gasteiger partial charge in [-0.3, -0.25) is 9.36 Å². The van der Waals surface area contributed by atoms with E-state index in [9.17, 15) is 9.90 Å². The second-order valence-corrected chi connectivity index (χ2v) is 9.05. The SMILES string of the molecule is CC(C)(Sc1nc2ncccc2n1-c1ccc(Br)c2ccccc12)C(=O)O. The lowest BCUT2D eigenvalue weighted by Gasteiger charge is -2.19. The Morgan fingerprint density at radius 2 is 1.85 bits per heavy atom. The minimum Gasteiger partial charge on any atom is -0.480 e. The second-order valence-electron chi connectivity index (χ2n) is 6.61.